The molecule has 2 aliphatic carbocycles. The molecule has 4 fully saturated rings. The number of ether oxygens (including phenoxy) is 1. The molecular weight excluding hydrogens is 544 g/mol. The van der Waals surface area contributed by atoms with Crippen LogP contribution >= 0.6 is 0 Å². The maximum absolute atomic E-state index is 11.9. The first-order valence-corrected chi connectivity index (χ1v) is 16.2. The highest BCUT2D eigenvalue weighted by atomic mass is 16.7. The Morgan fingerprint density at radius 3 is 2.53 bits per heavy atom. The summed E-state index contributed by atoms with van der Waals surface area (Å²) in [6.45, 7) is 7.42. The lowest BCUT2D eigenvalue weighted by atomic mass is 9.80. The summed E-state index contributed by atoms with van der Waals surface area (Å²) in [6.07, 6.45) is 8.80. The third-order valence-corrected chi connectivity index (χ3v) is 10.2. The number of hydrogen-bond donors (Lipinski definition) is 3. The fraction of sp³-hybridized carbons (Fsp3) is 0.625. The molecule has 230 valence electrons. The second-order valence-electron chi connectivity index (χ2n) is 12.8. The summed E-state index contributed by atoms with van der Waals surface area (Å²) in [6, 6.07) is 10.9. The van der Waals surface area contributed by atoms with E-state index in [0.717, 1.165) is 36.3 Å². The number of fused-ring (bicyclic) bond motifs is 1. The number of hydroxylamine groups is 1. The normalized spacial score (nSPS) is 27.0. The van der Waals surface area contributed by atoms with Crippen LogP contribution in [0.25, 0.3) is 11.2 Å². The number of nitrogens with zero attached hydrogens (tertiary/aromatic N) is 5. The number of hydrogen-bond acceptors (Lipinski definition) is 9. The lowest BCUT2D eigenvalue weighted by Crippen LogP contribution is -2.41. The number of benzene rings is 1. The van der Waals surface area contributed by atoms with E-state index < -0.39 is 12.3 Å². The van der Waals surface area contributed by atoms with Gasteiger partial charge in [0.15, 0.2) is 23.5 Å². The lowest BCUT2D eigenvalue weighted by Gasteiger charge is -2.37. The average molecular weight is 589 g/mol. The Bertz CT molecular complexity index is 1420. The van der Waals surface area contributed by atoms with Crippen molar-refractivity contribution >= 4 is 29.0 Å². The highest BCUT2D eigenvalue weighted by Crippen LogP contribution is 2.39. The Morgan fingerprint density at radius 1 is 1.05 bits per heavy atom. The van der Waals surface area contributed by atoms with Crippen LogP contribution in [0.15, 0.2) is 30.3 Å². The summed E-state index contributed by atoms with van der Waals surface area (Å²) in [7, 11) is 0. The second-order valence-corrected chi connectivity index (χ2v) is 12.8. The molecule has 11 nitrogen and oxygen atoms in total. The molecule has 0 radical (unpaired) electrons. The monoisotopic (exact) mass is 588 g/mol. The molecule has 4 aliphatic rings. The SMILES string of the molecule is CCC1CCC(Cn2c(N3CCOC[C@H]3c3ccccc3)nc3nc(C4NOC(=O)N4)nc(N[C@H](C)C4CCC4)c32)CC1. The highest BCUT2D eigenvalue weighted by molar-refractivity contribution is 5.86. The van der Waals surface area contributed by atoms with Crippen molar-refractivity contribution in [1.29, 1.82) is 0 Å². The topological polar surface area (TPSA) is 118 Å². The minimum absolute atomic E-state index is 0.0447. The second kappa shape index (κ2) is 12.3. The Balaban J connectivity index is 1.34. The molecular formula is C32H44N8O3. The molecule has 2 aliphatic heterocycles. The molecule has 2 aromatic heterocycles. The molecule has 7 rings (SSSR count). The highest BCUT2D eigenvalue weighted by Gasteiger charge is 2.34. The number of anilines is 2. The van der Waals surface area contributed by atoms with Crippen molar-refractivity contribution in [1.82, 2.24) is 30.3 Å². The quantitative estimate of drug-likeness (QED) is 0.299. The molecule has 1 unspecified atom stereocenters. The van der Waals surface area contributed by atoms with Gasteiger partial charge in [0, 0.05) is 19.1 Å². The molecule has 3 N–H and O–H groups in total. The van der Waals surface area contributed by atoms with E-state index >= 15 is 0 Å². The van der Waals surface area contributed by atoms with Gasteiger partial charge in [-0.05, 0) is 55.9 Å². The predicted octanol–water partition coefficient (Wildman–Crippen LogP) is 5.46. The Hall–Kier alpha value is -3.44. The van der Waals surface area contributed by atoms with E-state index in [4.69, 9.17) is 24.5 Å². The number of rotatable bonds is 9. The zero-order valence-corrected chi connectivity index (χ0v) is 25.3. The van der Waals surface area contributed by atoms with Crippen molar-refractivity contribution in [2.45, 2.75) is 90.0 Å². The van der Waals surface area contributed by atoms with E-state index in [2.05, 4.69) is 69.8 Å². The number of nitrogens with one attached hydrogen (secondary N) is 3. The fourth-order valence-electron chi connectivity index (χ4n) is 7.22. The standard InChI is InChI=1S/C32H44N8O3/c1-3-21-12-14-22(15-13-21)18-40-26-27(33-20(2)23-10-7-11-23)34-29(30-37-32(41)43-38-30)35-28(26)36-31(40)39-16-17-42-19-25(39)24-8-5-4-6-9-24/h4-6,8-9,20-23,25,30,38H,3,7,10-19H2,1-2H3,(H,37,41)(H,33,34,35)/t20-,21?,22?,25+,30?/m1/s1. The van der Waals surface area contributed by atoms with Crippen molar-refractivity contribution in [2.75, 3.05) is 30.0 Å². The number of carbonyl (C=O) groups excluding carboxylic acids is 1. The summed E-state index contributed by atoms with van der Waals surface area (Å²) >= 11 is 0. The van der Waals surface area contributed by atoms with Crippen LogP contribution in [-0.2, 0) is 16.1 Å². The first-order valence-electron chi connectivity index (χ1n) is 16.2. The number of morpholine rings is 1. The molecule has 2 saturated heterocycles. The number of aromatic nitrogens is 4. The van der Waals surface area contributed by atoms with Gasteiger partial charge in [0.25, 0.3) is 0 Å². The van der Waals surface area contributed by atoms with Crippen molar-refractivity contribution in [2.24, 2.45) is 17.8 Å². The van der Waals surface area contributed by atoms with Gasteiger partial charge in [-0.1, -0.05) is 62.9 Å². The summed E-state index contributed by atoms with van der Waals surface area (Å²) in [5.41, 5.74) is 5.51. The van der Waals surface area contributed by atoms with Gasteiger partial charge in [-0.15, -0.1) is 5.48 Å². The lowest BCUT2D eigenvalue weighted by molar-refractivity contribution is 0.0927. The molecule has 11 heteroatoms. The molecule has 1 amide bonds. The van der Waals surface area contributed by atoms with E-state index in [1.165, 1.54) is 56.9 Å². The fourth-order valence-corrected chi connectivity index (χ4v) is 7.22. The first-order chi connectivity index (χ1) is 21.1. The molecule has 0 bridgehead atoms. The van der Waals surface area contributed by atoms with Crippen LogP contribution in [0.1, 0.15) is 88.8 Å². The van der Waals surface area contributed by atoms with Gasteiger partial charge in [-0.25, -0.2) is 14.8 Å². The van der Waals surface area contributed by atoms with Crippen LogP contribution < -0.4 is 21.0 Å². The van der Waals surface area contributed by atoms with Crippen molar-refractivity contribution < 1.29 is 14.4 Å². The molecule has 3 aromatic rings. The minimum Gasteiger partial charge on any atom is -0.377 e. The van der Waals surface area contributed by atoms with Crippen molar-refractivity contribution in [3.05, 3.63) is 41.7 Å². The van der Waals surface area contributed by atoms with Crippen molar-refractivity contribution in [3.8, 4) is 0 Å². The third-order valence-electron chi connectivity index (χ3n) is 10.2. The van der Waals surface area contributed by atoms with Gasteiger partial charge < -0.3 is 24.4 Å². The van der Waals surface area contributed by atoms with E-state index in [-0.39, 0.29) is 12.1 Å². The Labute approximate surface area is 253 Å². The average Bonchev–Trinajstić information content (AvgIpc) is 3.60. The summed E-state index contributed by atoms with van der Waals surface area (Å²) in [4.78, 5) is 34.5. The zero-order chi connectivity index (χ0) is 29.3. The largest absolute Gasteiger partial charge is 0.427 e. The minimum atomic E-state index is -0.644. The van der Waals surface area contributed by atoms with Crippen LogP contribution in [-0.4, -0.2) is 51.4 Å². The van der Waals surface area contributed by atoms with Gasteiger partial charge in [0.05, 0.1) is 19.3 Å². The molecule has 43 heavy (non-hydrogen) atoms. The van der Waals surface area contributed by atoms with E-state index in [1.807, 2.05) is 0 Å². The Kier molecular flexibility index (Phi) is 8.09. The Morgan fingerprint density at radius 2 is 1.84 bits per heavy atom. The van der Waals surface area contributed by atoms with Gasteiger partial charge in [0.2, 0.25) is 5.95 Å². The predicted molar refractivity (Wildman–Crippen MR) is 164 cm³/mol. The van der Waals surface area contributed by atoms with E-state index in [9.17, 15) is 4.79 Å². The molecule has 1 aromatic carbocycles. The van der Waals surface area contributed by atoms with E-state index in [1.54, 1.807) is 0 Å². The maximum atomic E-state index is 11.9. The van der Waals surface area contributed by atoms with Crippen LogP contribution in [0.5, 0.6) is 0 Å². The summed E-state index contributed by atoms with van der Waals surface area (Å²) in [5.74, 6) is 4.13. The smallest absolute Gasteiger partial charge is 0.377 e. The molecule has 3 atom stereocenters. The summed E-state index contributed by atoms with van der Waals surface area (Å²) in [5, 5.41) is 6.54. The zero-order valence-electron chi connectivity index (χ0n) is 25.3. The molecule has 0 spiro atoms. The summed E-state index contributed by atoms with van der Waals surface area (Å²) < 4.78 is 8.41. The first kappa shape index (κ1) is 28.3. The van der Waals surface area contributed by atoms with Crippen LogP contribution in [0, 0.1) is 17.8 Å². The van der Waals surface area contributed by atoms with Crippen LogP contribution in [0.2, 0.25) is 0 Å². The van der Waals surface area contributed by atoms with Gasteiger partial charge in [-0.3, -0.25) is 5.32 Å². The number of carbonyl (C=O) groups is 1. The van der Waals surface area contributed by atoms with Crippen LogP contribution in [0.4, 0.5) is 16.6 Å². The van der Waals surface area contributed by atoms with E-state index in [0.29, 0.717) is 36.5 Å². The maximum Gasteiger partial charge on any atom is 0.427 e. The van der Waals surface area contributed by atoms with Gasteiger partial charge in [-0.2, -0.15) is 4.98 Å². The number of amides is 1. The van der Waals surface area contributed by atoms with Crippen LogP contribution in [0.3, 0.4) is 0 Å². The van der Waals surface area contributed by atoms with Gasteiger partial charge in [0.1, 0.15) is 5.52 Å². The van der Waals surface area contributed by atoms with Crippen molar-refractivity contribution in [3.63, 3.8) is 0 Å². The third kappa shape index (κ3) is 5.76. The van der Waals surface area contributed by atoms with Gasteiger partial charge >= 0.3 is 6.09 Å². The molecule has 4 heterocycles. The number of imidazole rings is 1. The molecule has 2 saturated carbocycles.